The van der Waals surface area contributed by atoms with E-state index in [1.807, 2.05) is 0 Å². The van der Waals surface area contributed by atoms with E-state index in [0.717, 1.165) is 18.2 Å². The van der Waals surface area contributed by atoms with Gasteiger partial charge in [-0.15, -0.1) is 0 Å². The third-order valence-corrected chi connectivity index (χ3v) is 5.41. The lowest BCUT2D eigenvalue weighted by atomic mass is 9.96. The minimum absolute atomic E-state index is 0.0434. The van der Waals surface area contributed by atoms with Crippen LogP contribution < -0.4 is 20.1 Å². The van der Waals surface area contributed by atoms with Crippen LogP contribution in [0.2, 0.25) is 0 Å². The van der Waals surface area contributed by atoms with Crippen LogP contribution >= 0.6 is 0 Å². The first-order valence-corrected chi connectivity index (χ1v) is 10.0. The fourth-order valence-corrected chi connectivity index (χ4v) is 3.75. The summed E-state index contributed by atoms with van der Waals surface area (Å²) in [6, 6.07) is 5.62. The standard InChI is InChI=1S/C22H19F5N4O3/c1-33-17-6-3-11(7-18(17)34-2)15-9-19(22(25,26)27)31-20(28-15)10-16(30-31)21(32)29-14-5-4-12(23)8-13(14)24/h3-8,10,15,19,28H,9H2,1-2H3,(H,29,32)/t15-,19+/m1/s1. The average Bonchev–Trinajstić information content (AvgIpc) is 3.23. The summed E-state index contributed by atoms with van der Waals surface area (Å²) in [4.78, 5) is 12.5. The molecule has 34 heavy (non-hydrogen) atoms. The summed E-state index contributed by atoms with van der Waals surface area (Å²) in [6.45, 7) is 0. The Morgan fingerprint density at radius 2 is 1.82 bits per heavy atom. The van der Waals surface area contributed by atoms with Gasteiger partial charge in [0.25, 0.3) is 5.91 Å². The van der Waals surface area contributed by atoms with Crippen molar-refractivity contribution in [3.05, 3.63) is 65.4 Å². The first-order chi connectivity index (χ1) is 16.1. The maximum absolute atomic E-state index is 13.9. The van der Waals surface area contributed by atoms with Crippen molar-refractivity contribution in [3.63, 3.8) is 0 Å². The zero-order chi connectivity index (χ0) is 24.6. The van der Waals surface area contributed by atoms with E-state index in [-0.39, 0.29) is 17.2 Å². The summed E-state index contributed by atoms with van der Waals surface area (Å²) in [5, 5.41) is 8.97. The molecule has 0 saturated carbocycles. The molecule has 2 atom stereocenters. The van der Waals surface area contributed by atoms with Crippen molar-refractivity contribution in [2.24, 2.45) is 0 Å². The topological polar surface area (TPSA) is 77.4 Å². The molecule has 2 aromatic carbocycles. The number of hydrogen-bond donors (Lipinski definition) is 2. The maximum atomic E-state index is 13.9. The van der Waals surface area contributed by atoms with Crippen LogP contribution in [-0.2, 0) is 0 Å². The number of hydrogen-bond acceptors (Lipinski definition) is 5. The molecule has 0 fully saturated rings. The van der Waals surface area contributed by atoms with Gasteiger partial charge in [-0.05, 0) is 29.8 Å². The van der Waals surface area contributed by atoms with E-state index in [1.165, 1.54) is 14.2 Å². The van der Waals surface area contributed by atoms with Crippen LogP contribution in [0.5, 0.6) is 11.5 Å². The summed E-state index contributed by atoms with van der Waals surface area (Å²) >= 11 is 0. The van der Waals surface area contributed by atoms with E-state index in [0.29, 0.717) is 27.8 Å². The molecule has 0 aliphatic carbocycles. The number of aromatic nitrogens is 2. The Hall–Kier alpha value is -3.83. The third kappa shape index (κ3) is 4.47. The quantitative estimate of drug-likeness (QED) is 0.496. The van der Waals surface area contributed by atoms with E-state index in [2.05, 4.69) is 15.7 Å². The molecule has 0 spiro atoms. The Morgan fingerprint density at radius 1 is 1.09 bits per heavy atom. The normalized spacial score (nSPS) is 17.5. The number of ether oxygens (including phenoxy) is 2. The second kappa shape index (κ2) is 8.84. The molecule has 2 heterocycles. The number of benzene rings is 2. The van der Waals surface area contributed by atoms with Crippen LogP contribution in [0, 0.1) is 11.6 Å². The summed E-state index contributed by atoms with van der Waals surface area (Å²) in [5.41, 5.74) is -0.187. The molecule has 2 N–H and O–H groups in total. The van der Waals surface area contributed by atoms with Gasteiger partial charge < -0.3 is 20.1 Å². The summed E-state index contributed by atoms with van der Waals surface area (Å²) in [7, 11) is 2.86. The number of anilines is 2. The minimum Gasteiger partial charge on any atom is -0.493 e. The van der Waals surface area contributed by atoms with E-state index in [1.54, 1.807) is 18.2 Å². The lowest BCUT2D eigenvalue weighted by Crippen LogP contribution is -2.35. The first kappa shape index (κ1) is 23.3. The van der Waals surface area contributed by atoms with Crippen molar-refractivity contribution in [1.29, 1.82) is 0 Å². The summed E-state index contributed by atoms with van der Waals surface area (Å²) in [6.07, 6.45) is -5.06. The number of carbonyl (C=O) groups excluding carboxylic acids is 1. The van der Waals surface area contributed by atoms with Crippen LogP contribution in [0.3, 0.4) is 0 Å². The molecule has 4 rings (SSSR count). The van der Waals surface area contributed by atoms with Gasteiger partial charge in [-0.25, -0.2) is 13.5 Å². The van der Waals surface area contributed by atoms with Gasteiger partial charge in [0.05, 0.1) is 25.9 Å². The molecule has 1 amide bonds. The number of methoxy groups -OCH3 is 2. The fourth-order valence-electron chi connectivity index (χ4n) is 3.75. The van der Waals surface area contributed by atoms with E-state index in [9.17, 15) is 26.7 Å². The number of nitrogens with zero attached hydrogens (tertiary/aromatic N) is 2. The van der Waals surface area contributed by atoms with Crippen LogP contribution in [0.1, 0.15) is 34.6 Å². The Kier molecular flexibility index (Phi) is 6.07. The number of nitrogens with one attached hydrogen (secondary N) is 2. The van der Waals surface area contributed by atoms with Gasteiger partial charge in [-0.1, -0.05) is 6.07 Å². The van der Waals surface area contributed by atoms with E-state index < -0.39 is 42.2 Å². The van der Waals surface area contributed by atoms with Gasteiger partial charge in [0.15, 0.2) is 23.2 Å². The Morgan fingerprint density at radius 3 is 2.47 bits per heavy atom. The number of rotatable bonds is 5. The van der Waals surface area contributed by atoms with Crippen molar-refractivity contribution < 1.29 is 36.2 Å². The van der Waals surface area contributed by atoms with E-state index >= 15 is 0 Å². The molecule has 1 aromatic heterocycles. The first-order valence-electron chi connectivity index (χ1n) is 10.0. The largest absolute Gasteiger partial charge is 0.493 e. The molecule has 0 radical (unpaired) electrons. The molecular weight excluding hydrogens is 463 g/mol. The smallest absolute Gasteiger partial charge is 0.410 e. The van der Waals surface area contributed by atoms with Crippen molar-refractivity contribution in [2.45, 2.75) is 24.7 Å². The average molecular weight is 482 g/mol. The molecule has 1 aliphatic heterocycles. The highest BCUT2D eigenvalue weighted by atomic mass is 19.4. The molecule has 7 nitrogen and oxygen atoms in total. The number of alkyl halides is 3. The number of fused-ring (bicyclic) bond motifs is 1. The van der Waals surface area contributed by atoms with Crippen molar-refractivity contribution >= 4 is 17.4 Å². The van der Waals surface area contributed by atoms with Gasteiger partial charge in [-0.2, -0.15) is 18.3 Å². The molecule has 1 aliphatic rings. The molecule has 0 bridgehead atoms. The predicted molar refractivity (Wildman–Crippen MR) is 112 cm³/mol. The Bertz CT molecular complexity index is 1230. The Balaban J connectivity index is 1.65. The minimum atomic E-state index is -4.66. The summed E-state index contributed by atoms with van der Waals surface area (Å²) in [5.74, 6) is -2.09. The van der Waals surface area contributed by atoms with E-state index in [4.69, 9.17) is 9.47 Å². The van der Waals surface area contributed by atoms with Gasteiger partial charge in [0.2, 0.25) is 0 Å². The second-order valence-corrected chi connectivity index (χ2v) is 7.54. The highest BCUT2D eigenvalue weighted by molar-refractivity contribution is 6.03. The molecule has 3 aromatic rings. The van der Waals surface area contributed by atoms with Crippen molar-refractivity contribution in [2.75, 3.05) is 24.9 Å². The molecule has 0 saturated heterocycles. The van der Waals surface area contributed by atoms with Crippen molar-refractivity contribution in [3.8, 4) is 11.5 Å². The van der Waals surface area contributed by atoms with Crippen LogP contribution in [0.4, 0.5) is 33.5 Å². The SMILES string of the molecule is COc1ccc([C@H]2C[C@@H](C(F)(F)F)n3nc(C(=O)Nc4ccc(F)cc4F)cc3N2)cc1OC. The highest BCUT2D eigenvalue weighted by Gasteiger charge is 2.47. The molecule has 12 heteroatoms. The predicted octanol–water partition coefficient (Wildman–Crippen LogP) is 5.09. The van der Waals surface area contributed by atoms with Gasteiger partial charge in [0.1, 0.15) is 17.5 Å². The molecule has 180 valence electrons. The van der Waals surface area contributed by atoms with Gasteiger partial charge >= 0.3 is 6.18 Å². The van der Waals surface area contributed by atoms with Crippen LogP contribution in [0.25, 0.3) is 0 Å². The lowest BCUT2D eigenvalue weighted by Gasteiger charge is -2.33. The fraction of sp³-hybridized carbons (Fsp3) is 0.273. The zero-order valence-corrected chi connectivity index (χ0v) is 17.9. The molecular formula is C22H19F5N4O3. The molecule has 0 unspecified atom stereocenters. The highest BCUT2D eigenvalue weighted by Crippen LogP contribution is 2.44. The maximum Gasteiger partial charge on any atom is 0.410 e. The number of amides is 1. The van der Waals surface area contributed by atoms with Crippen LogP contribution in [0.15, 0.2) is 42.5 Å². The number of halogens is 5. The van der Waals surface area contributed by atoms with Gasteiger partial charge in [-0.3, -0.25) is 4.79 Å². The zero-order valence-electron chi connectivity index (χ0n) is 17.9. The summed E-state index contributed by atoms with van der Waals surface area (Å²) < 4.78 is 79.8. The van der Waals surface area contributed by atoms with Crippen LogP contribution in [-0.4, -0.2) is 36.1 Å². The lowest BCUT2D eigenvalue weighted by molar-refractivity contribution is -0.173. The van der Waals surface area contributed by atoms with Gasteiger partial charge in [0, 0.05) is 18.6 Å². The monoisotopic (exact) mass is 482 g/mol. The Labute approximate surface area is 190 Å². The second-order valence-electron chi connectivity index (χ2n) is 7.54. The third-order valence-electron chi connectivity index (χ3n) is 5.41. The number of carbonyl (C=O) groups is 1. The van der Waals surface area contributed by atoms with Crippen molar-refractivity contribution in [1.82, 2.24) is 9.78 Å².